The van der Waals surface area contributed by atoms with E-state index in [-0.39, 0.29) is 12.1 Å². The SMILES string of the molecule is CNC(Cc1cccnc1N)C1Cc2ccccc2O1. The lowest BCUT2D eigenvalue weighted by Gasteiger charge is -2.23. The van der Waals surface area contributed by atoms with E-state index in [9.17, 15) is 0 Å². The molecule has 0 amide bonds. The molecule has 0 aliphatic carbocycles. The first-order chi connectivity index (χ1) is 9.78. The summed E-state index contributed by atoms with van der Waals surface area (Å²) < 4.78 is 6.05. The highest BCUT2D eigenvalue weighted by Crippen LogP contribution is 2.30. The monoisotopic (exact) mass is 269 g/mol. The molecular weight excluding hydrogens is 250 g/mol. The molecule has 20 heavy (non-hydrogen) atoms. The number of hydrogen-bond donors (Lipinski definition) is 2. The highest BCUT2D eigenvalue weighted by atomic mass is 16.5. The molecule has 2 heterocycles. The fourth-order valence-corrected chi connectivity index (χ4v) is 2.71. The van der Waals surface area contributed by atoms with Crippen molar-refractivity contribution < 1.29 is 4.74 Å². The summed E-state index contributed by atoms with van der Waals surface area (Å²) in [4.78, 5) is 4.14. The number of ether oxygens (including phenoxy) is 1. The molecule has 0 bridgehead atoms. The molecule has 0 fully saturated rings. The van der Waals surface area contributed by atoms with Gasteiger partial charge in [0.15, 0.2) is 0 Å². The minimum atomic E-state index is 0.136. The van der Waals surface area contributed by atoms with E-state index in [4.69, 9.17) is 10.5 Å². The minimum absolute atomic E-state index is 0.136. The minimum Gasteiger partial charge on any atom is -0.488 e. The number of fused-ring (bicyclic) bond motifs is 1. The van der Waals surface area contributed by atoms with Crippen molar-refractivity contribution in [2.45, 2.75) is 25.0 Å². The molecule has 2 unspecified atom stereocenters. The number of pyridine rings is 1. The Balaban J connectivity index is 1.74. The molecule has 0 saturated heterocycles. The van der Waals surface area contributed by atoms with Gasteiger partial charge in [-0.3, -0.25) is 0 Å². The lowest BCUT2D eigenvalue weighted by atomic mass is 9.98. The highest BCUT2D eigenvalue weighted by molar-refractivity contribution is 5.40. The molecular formula is C16H19N3O. The Morgan fingerprint density at radius 2 is 2.20 bits per heavy atom. The van der Waals surface area contributed by atoms with E-state index in [0.717, 1.165) is 24.2 Å². The Bertz CT molecular complexity index is 575. The van der Waals surface area contributed by atoms with Crippen molar-refractivity contribution in [1.29, 1.82) is 0 Å². The van der Waals surface area contributed by atoms with Crippen LogP contribution in [-0.4, -0.2) is 24.2 Å². The van der Waals surface area contributed by atoms with Crippen LogP contribution in [-0.2, 0) is 12.8 Å². The number of para-hydroxylation sites is 1. The molecule has 4 heteroatoms. The summed E-state index contributed by atoms with van der Waals surface area (Å²) in [6.07, 6.45) is 3.60. The van der Waals surface area contributed by atoms with Crippen molar-refractivity contribution in [3.63, 3.8) is 0 Å². The van der Waals surface area contributed by atoms with Crippen LogP contribution in [0.5, 0.6) is 5.75 Å². The topological polar surface area (TPSA) is 60.2 Å². The Hall–Kier alpha value is -2.07. The first-order valence-corrected chi connectivity index (χ1v) is 6.89. The second-order valence-corrected chi connectivity index (χ2v) is 5.12. The lowest BCUT2D eigenvalue weighted by Crippen LogP contribution is -2.42. The van der Waals surface area contributed by atoms with Crippen molar-refractivity contribution in [1.82, 2.24) is 10.3 Å². The molecule has 1 aromatic carbocycles. The van der Waals surface area contributed by atoms with E-state index >= 15 is 0 Å². The van der Waals surface area contributed by atoms with E-state index in [1.54, 1.807) is 6.20 Å². The van der Waals surface area contributed by atoms with Crippen LogP contribution in [0, 0.1) is 0 Å². The molecule has 2 atom stereocenters. The Labute approximate surface area is 119 Å². The number of nitrogens with zero attached hydrogens (tertiary/aromatic N) is 1. The van der Waals surface area contributed by atoms with Gasteiger partial charge in [-0.1, -0.05) is 24.3 Å². The zero-order chi connectivity index (χ0) is 13.9. The third kappa shape index (κ3) is 2.47. The summed E-state index contributed by atoms with van der Waals surface area (Å²) in [6, 6.07) is 12.4. The third-order valence-electron chi connectivity index (χ3n) is 3.86. The maximum atomic E-state index is 6.05. The van der Waals surface area contributed by atoms with Crippen LogP contribution in [0.15, 0.2) is 42.6 Å². The summed E-state index contributed by atoms with van der Waals surface area (Å²) in [5, 5.41) is 3.35. The molecule has 0 radical (unpaired) electrons. The van der Waals surface area contributed by atoms with Gasteiger partial charge in [0.1, 0.15) is 17.7 Å². The Morgan fingerprint density at radius 3 is 2.95 bits per heavy atom. The number of benzene rings is 1. The molecule has 1 aromatic heterocycles. The zero-order valence-electron chi connectivity index (χ0n) is 11.5. The molecule has 3 rings (SSSR count). The van der Waals surface area contributed by atoms with Gasteiger partial charge in [-0.15, -0.1) is 0 Å². The molecule has 3 N–H and O–H groups in total. The Kier molecular flexibility index (Phi) is 3.56. The number of nitrogens with one attached hydrogen (secondary N) is 1. The van der Waals surface area contributed by atoms with Crippen molar-refractivity contribution >= 4 is 5.82 Å². The maximum absolute atomic E-state index is 6.05. The van der Waals surface area contributed by atoms with Crippen molar-refractivity contribution in [2.75, 3.05) is 12.8 Å². The van der Waals surface area contributed by atoms with Gasteiger partial charge in [0, 0.05) is 18.7 Å². The van der Waals surface area contributed by atoms with E-state index in [1.807, 2.05) is 31.3 Å². The van der Waals surface area contributed by atoms with Crippen LogP contribution in [0.25, 0.3) is 0 Å². The van der Waals surface area contributed by atoms with Crippen LogP contribution in [0.2, 0.25) is 0 Å². The number of nitrogens with two attached hydrogens (primary N) is 1. The predicted octanol–water partition coefficient (Wildman–Crippen LogP) is 1.80. The standard InChI is InChI=1S/C16H19N3O/c1-18-13(9-12-6-4-8-19-16(12)17)15-10-11-5-2-3-7-14(11)20-15/h2-8,13,15,18H,9-10H2,1H3,(H2,17,19). The molecule has 104 valence electrons. The third-order valence-corrected chi connectivity index (χ3v) is 3.86. The summed E-state index contributed by atoms with van der Waals surface area (Å²) in [5.41, 5.74) is 8.26. The van der Waals surface area contributed by atoms with Gasteiger partial charge in [0.05, 0.1) is 0 Å². The average molecular weight is 269 g/mol. The predicted molar refractivity (Wildman–Crippen MR) is 79.8 cm³/mol. The Morgan fingerprint density at radius 1 is 1.35 bits per heavy atom. The van der Waals surface area contributed by atoms with Crippen molar-refractivity contribution in [2.24, 2.45) is 0 Å². The number of nitrogen functional groups attached to an aromatic ring is 1. The van der Waals surface area contributed by atoms with Crippen LogP contribution in [0.3, 0.4) is 0 Å². The van der Waals surface area contributed by atoms with Crippen molar-refractivity contribution in [3.05, 3.63) is 53.7 Å². The van der Waals surface area contributed by atoms with Gasteiger partial charge in [0.25, 0.3) is 0 Å². The molecule has 1 aliphatic heterocycles. The van der Waals surface area contributed by atoms with Gasteiger partial charge in [-0.25, -0.2) is 4.98 Å². The summed E-state index contributed by atoms with van der Waals surface area (Å²) in [5.74, 6) is 1.60. The van der Waals surface area contributed by atoms with Crippen LogP contribution in [0.1, 0.15) is 11.1 Å². The van der Waals surface area contributed by atoms with Crippen LogP contribution < -0.4 is 15.8 Å². The van der Waals surface area contributed by atoms with Crippen LogP contribution >= 0.6 is 0 Å². The summed E-state index contributed by atoms with van der Waals surface area (Å²) in [6.45, 7) is 0. The van der Waals surface area contributed by atoms with Crippen molar-refractivity contribution in [3.8, 4) is 5.75 Å². The van der Waals surface area contributed by atoms with Gasteiger partial charge >= 0.3 is 0 Å². The summed E-state index contributed by atoms with van der Waals surface area (Å²) >= 11 is 0. The van der Waals surface area contributed by atoms with E-state index in [0.29, 0.717) is 5.82 Å². The zero-order valence-corrected chi connectivity index (χ0v) is 11.5. The fourth-order valence-electron chi connectivity index (χ4n) is 2.71. The van der Waals surface area contributed by atoms with E-state index in [2.05, 4.69) is 22.4 Å². The number of aromatic nitrogens is 1. The largest absolute Gasteiger partial charge is 0.488 e. The number of likely N-dealkylation sites (N-methyl/N-ethyl adjacent to an activating group) is 1. The highest BCUT2D eigenvalue weighted by Gasteiger charge is 2.29. The van der Waals surface area contributed by atoms with Crippen LogP contribution in [0.4, 0.5) is 5.82 Å². The lowest BCUT2D eigenvalue weighted by molar-refractivity contribution is 0.182. The molecule has 1 aliphatic rings. The number of hydrogen-bond acceptors (Lipinski definition) is 4. The normalized spacial score (nSPS) is 18.4. The van der Waals surface area contributed by atoms with Gasteiger partial charge < -0.3 is 15.8 Å². The second-order valence-electron chi connectivity index (χ2n) is 5.12. The average Bonchev–Trinajstić information content (AvgIpc) is 2.90. The first kappa shape index (κ1) is 12.9. The second kappa shape index (κ2) is 5.51. The van der Waals surface area contributed by atoms with Gasteiger partial charge in [-0.05, 0) is 36.7 Å². The van der Waals surface area contributed by atoms with E-state index in [1.165, 1.54) is 5.56 Å². The molecule has 0 saturated carbocycles. The van der Waals surface area contributed by atoms with Gasteiger partial charge in [0.2, 0.25) is 0 Å². The smallest absolute Gasteiger partial charge is 0.126 e. The number of anilines is 1. The molecule has 4 nitrogen and oxygen atoms in total. The van der Waals surface area contributed by atoms with Gasteiger partial charge in [-0.2, -0.15) is 0 Å². The fraction of sp³-hybridized carbons (Fsp3) is 0.312. The number of rotatable bonds is 4. The molecule has 2 aromatic rings. The maximum Gasteiger partial charge on any atom is 0.126 e. The quantitative estimate of drug-likeness (QED) is 0.888. The first-order valence-electron chi connectivity index (χ1n) is 6.89. The van der Waals surface area contributed by atoms with E-state index < -0.39 is 0 Å². The summed E-state index contributed by atoms with van der Waals surface area (Å²) in [7, 11) is 1.96. The molecule has 0 spiro atoms.